The predicted octanol–water partition coefficient (Wildman–Crippen LogP) is 3.04. The molecular formula is C10H7N4S2. The van der Waals surface area contributed by atoms with Gasteiger partial charge < -0.3 is 5.32 Å². The van der Waals surface area contributed by atoms with E-state index in [2.05, 4.69) is 22.2 Å². The van der Waals surface area contributed by atoms with E-state index in [-0.39, 0.29) is 0 Å². The highest BCUT2D eigenvalue weighted by Crippen LogP contribution is 2.28. The maximum absolute atomic E-state index is 8.50. The Balaban J connectivity index is 2.09. The molecule has 1 N–H and O–H groups in total. The number of nitriles is 1. The first-order chi connectivity index (χ1) is 7.78. The summed E-state index contributed by atoms with van der Waals surface area (Å²) in [6.07, 6.45) is 3.34. The van der Waals surface area contributed by atoms with E-state index in [1.807, 2.05) is 17.5 Å². The molecule has 0 aliphatic carbocycles. The van der Waals surface area contributed by atoms with Crippen LogP contribution in [0.4, 0.5) is 10.9 Å². The number of rotatable bonds is 3. The summed E-state index contributed by atoms with van der Waals surface area (Å²) in [4.78, 5) is 8.28. The van der Waals surface area contributed by atoms with Crippen LogP contribution in [0.1, 0.15) is 5.56 Å². The third-order valence-electron chi connectivity index (χ3n) is 1.69. The first-order valence-electron chi connectivity index (χ1n) is 4.35. The number of nitrogens with one attached hydrogen (secondary N) is 1. The minimum atomic E-state index is 0.718. The lowest BCUT2D eigenvalue weighted by Gasteiger charge is -2.00. The minimum absolute atomic E-state index is 0.718. The van der Waals surface area contributed by atoms with E-state index in [0.29, 0.717) is 0 Å². The molecule has 4 nitrogen and oxygen atoms in total. The van der Waals surface area contributed by atoms with Crippen molar-refractivity contribution in [3.05, 3.63) is 37.0 Å². The number of hydrogen-bond acceptors (Lipinski definition) is 6. The van der Waals surface area contributed by atoms with Gasteiger partial charge in [0.1, 0.15) is 11.2 Å². The van der Waals surface area contributed by atoms with Crippen LogP contribution in [-0.4, -0.2) is 9.97 Å². The molecule has 2 rings (SSSR count). The van der Waals surface area contributed by atoms with Gasteiger partial charge in [0, 0.05) is 18.0 Å². The molecule has 0 fully saturated rings. The van der Waals surface area contributed by atoms with Crippen LogP contribution in [0, 0.1) is 17.6 Å². The third-order valence-corrected chi connectivity index (χ3v) is 3.30. The van der Waals surface area contributed by atoms with Crippen LogP contribution in [0.15, 0.2) is 28.7 Å². The molecule has 16 heavy (non-hydrogen) atoms. The Kier molecular flexibility index (Phi) is 3.39. The Morgan fingerprint density at radius 2 is 2.25 bits per heavy atom. The second kappa shape index (κ2) is 4.96. The van der Waals surface area contributed by atoms with Crippen molar-refractivity contribution in [3.8, 4) is 5.40 Å². The first-order valence-corrected chi connectivity index (χ1v) is 5.98. The summed E-state index contributed by atoms with van der Waals surface area (Å²) in [5.74, 6) is 0.718. The van der Waals surface area contributed by atoms with E-state index in [1.165, 1.54) is 11.3 Å². The van der Waals surface area contributed by atoms with Crippen LogP contribution in [0.5, 0.6) is 0 Å². The van der Waals surface area contributed by atoms with E-state index in [9.17, 15) is 0 Å². The largest absolute Gasteiger partial charge is 0.316 e. The lowest BCUT2D eigenvalue weighted by molar-refractivity contribution is 1.27. The molecule has 1 radical (unpaired) electrons. The standard InChI is InChI=1S/C10H7N4S2/c1-7-2-3-8(12-4-7)14-10-13-5-9(16-10)15-6-11/h2-5H,1H2,(H,12,13,14). The maximum atomic E-state index is 8.50. The Morgan fingerprint density at radius 3 is 2.94 bits per heavy atom. The summed E-state index contributed by atoms with van der Waals surface area (Å²) in [6, 6.07) is 3.70. The van der Waals surface area contributed by atoms with Gasteiger partial charge in [-0.15, -0.1) is 0 Å². The number of aromatic nitrogens is 2. The summed E-state index contributed by atoms with van der Waals surface area (Å²) in [7, 11) is 0. The predicted molar refractivity (Wildman–Crippen MR) is 65.6 cm³/mol. The smallest absolute Gasteiger partial charge is 0.189 e. The second-order valence-corrected chi connectivity index (χ2v) is 4.97. The zero-order chi connectivity index (χ0) is 11.4. The molecule has 0 saturated heterocycles. The lowest BCUT2D eigenvalue weighted by Crippen LogP contribution is -1.91. The highest BCUT2D eigenvalue weighted by Gasteiger charge is 2.02. The molecule has 0 atom stereocenters. The SMILES string of the molecule is [CH2]c1ccc(Nc2ncc(SC#N)s2)nc1. The van der Waals surface area contributed by atoms with Crippen molar-refractivity contribution in [1.82, 2.24) is 9.97 Å². The number of thioether (sulfide) groups is 1. The van der Waals surface area contributed by atoms with Crippen molar-refractivity contribution in [2.75, 3.05) is 5.32 Å². The molecule has 2 aromatic heterocycles. The van der Waals surface area contributed by atoms with Crippen molar-refractivity contribution in [3.63, 3.8) is 0 Å². The zero-order valence-electron chi connectivity index (χ0n) is 8.17. The molecule has 79 valence electrons. The number of pyridine rings is 1. The molecule has 6 heteroatoms. The molecule has 2 aromatic rings. The normalized spacial score (nSPS) is 9.75. The van der Waals surface area contributed by atoms with Crippen LogP contribution in [0.2, 0.25) is 0 Å². The van der Waals surface area contributed by atoms with Crippen molar-refractivity contribution in [2.45, 2.75) is 4.21 Å². The van der Waals surface area contributed by atoms with E-state index >= 15 is 0 Å². The topological polar surface area (TPSA) is 61.6 Å². The van der Waals surface area contributed by atoms with Gasteiger partial charge in [-0.25, -0.2) is 9.97 Å². The van der Waals surface area contributed by atoms with Gasteiger partial charge >= 0.3 is 0 Å². The quantitative estimate of drug-likeness (QED) is 0.667. The highest BCUT2D eigenvalue weighted by atomic mass is 32.2. The summed E-state index contributed by atoms with van der Waals surface area (Å²) in [5, 5.41) is 14.3. The van der Waals surface area contributed by atoms with Crippen molar-refractivity contribution in [1.29, 1.82) is 5.26 Å². The minimum Gasteiger partial charge on any atom is -0.316 e. The molecule has 0 aliphatic rings. The Morgan fingerprint density at radius 1 is 1.38 bits per heavy atom. The first kappa shape index (κ1) is 10.9. The molecular weight excluding hydrogens is 240 g/mol. The van der Waals surface area contributed by atoms with E-state index in [0.717, 1.165) is 32.5 Å². The van der Waals surface area contributed by atoms with Gasteiger partial charge in [-0.1, -0.05) is 17.4 Å². The van der Waals surface area contributed by atoms with Crippen LogP contribution >= 0.6 is 23.1 Å². The number of thiazole rings is 1. The zero-order valence-corrected chi connectivity index (χ0v) is 9.81. The average molecular weight is 247 g/mol. The Labute approximate surface area is 101 Å². The lowest BCUT2D eigenvalue weighted by atomic mass is 10.3. The molecule has 0 unspecified atom stereocenters. The molecule has 0 aromatic carbocycles. The molecule has 0 aliphatic heterocycles. The molecule has 0 amide bonds. The van der Waals surface area contributed by atoms with Crippen molar-refractivity contribution < 1.29 is 0 Å². The van der Waals surface area contributed by atoms with Crippen LogP contribution in [-0.2, 0) is 0 Å². The fourth-order valence-electron chi connectivity index (χ4n) is 1.02. The summed E-state index contributed by atoms with van der Waals surface area (Å²) in [5.41, 5.74) is 0.866. The van der Waals surface area contributed by atoms with E-state index < -0.39 is 0 Å². The molecule has 0 spiro atoms. The van der Waals surface area contributed by atoms with Gasteiger partial charge in [0.15, 0.2) is 5.13 Å². The fourth-order valence-corrected chi connectivity index (χ4v) is 2.28. The number of hydrogen-bond donors (Lipinski definition) is 1. The monoisotopic (exact) mass is 247 g/mol. The van der Waals surface area contributed by atoms with Crippen LogP contribution < -0.4 is 5.32 Å². The van der Waals surface area contributed by atoms with Gasteiger partial charge in [0.25, 0.3) is 0 Å². The van der Waals surface area contributed by atoms with Gasteiger partial charge in [-0.05, 0) is 18.6 Å². The van der Waals surface area contributed by atoms with Gasteiger partial charge in [0.2, 0.25) is 0 Å². The Bertz CT molecular complexity index is 512. The molecule has 2 heterocycles. The molecule has 0 bridgehead atoms. The highest BCUT2D eigenvalue weighted by molar-refractivity contribution is 8.05. The van der Waals surface area contributed by atoms with E-state index in [4.69, 9.17) is 5.26 Å². The number of thiocyanates is 1. The Hall–Kier alpha value is -1.58. The summed E-state index contributed by atoms with van der Waals surface area (Å²) in [6.45, 7) is 3.75. The van der Waals surface area contributed by atoms with Gasteiger partial charge in [0.05, 0.1) is 10.4 Å². The van der Waals surface area contributed by atoms with Crippen LogP contribution in [0.25, 0.3) is 0 Å². The van der Waals surface area contributed by atoms with Crippen molar-refractivity contribution in [2.24, 2.45) is 0 Å². The summed E-state index contributed by atoms with van der Waals surface area (Å²) >= 11 is 2.52. The number of anilines is 2. The second-order valence-electron chi connectivity index (χ2n) is 2.85. The third kappa shape index (κ3) is 2.72. The molecule has 0 saturated carbocycles. The number of nitrogens with zero attached hydrogens (tertiary/aromatic N) is 3. The van der Waals surface area contributed by atoms with Gasteiger partial charge in [-0.3, -0.25) is 0 Å². The van der Waals surface area contributed by atoms with Crippen LogP contribution in [0.3, 0.4) is 0 Å². The van der Waals surface area contributed by atoms with Crippen molar-refractivity contribution >= 4 is 34.0 Å². The van der Waals surface area contributed by atoms with Gasteiger partial charge in [-0.2, -0.15) is 5.26 Å². The maximum Gasteiger partial charge on any atom is 0.189 e. The average Bonchev–Trinajstić information content (AvgIpc) is 2.70. The fraction of sp³-hybridized carbons (Fsp3) is 0. The van der Waals surface area contributed by atoms with E-state index in [1.54, 1.807) is 12.4 Å². The summed E-state index contributed by atoms with van der Waals surface area (Å²) < 4.78 is 0.860.